The molecule has 82 valence electrons. The van der Waals surface area contributed by atoms with Gasteiger partial charge in [0.2, 0.25) is 0 Å². The molecular formula is C9H8F3NO2. The fourth-order valence-corrected chi connectivity index (χ4v) is 1.03. The number of rotatable bonds is 2. The van der Waals surface area contributed by atoms with Crippen LogP contribution in [0.5, 0.6) is 0 Å². The Bertz CT molecular complexity index is 395. The van der Waals surface area contributed by atoms with E-state index in [1.165, 1.54) is 0 Å². The van der Waals surface area contributed by atoms with E-state index in [4.69, 9.17) is 5.73 Å². The lowest BCUT2D eigenvalue weighted by Crippen LogP contribution is -2.24. The molecule has 0 spiro atoms. The molecule has 1 rings (SSSR count). The van der Waals surface area contributed by atoms with Crippen molar-refractivity contribution >= 4 is 5.97 Å². The molecule has 0 aliphatic rings. The maximum Gasteiger partial charge on any atom is 0.327 e. The van der Waals surface area contributed by atoms with Gasteiger partial charge in [-0.2, -0.15) is 0 Å². The first kappa shape index (κ1) is 11.5. The number of carbonyl (C=O) groups is 1. The number of esters is 1. The Morgan fingerprint density at radius 3 is 2.33 bits per heavy atom. The summed E-state index contributed by atoms with van der Waals surface area (Å²) >= 11 is 0. The summed E-state index contributed by atoms with van der Waals surface area (Å²) in [6.45, 7) is 0. The minimum atomic E-state index is -1.47. The average molecular weight is 219 g/mol. The van der Waals surface area contributed by atoms with Crippen molar-refractivity contribution in [1.82, 2.24) is 0 Å². The van der Waals surface area contributed by atoms with E-state index >= 15 is 0 Å². The fourth-order valence-electron chi connectivity index (χ4n) is 1.03. The molecule has 0 aliphatic heterocycles. The number of nitrogens with two attached hydrogens (primary N) is 1. The summed E-state index contributed by atoms with van der Waals surface area (Å²) in [5.74, 6) is -4.63. The molecule has 0 heterocycles. The monoisotopic (exact) mass is 219 g/mol. The van der Waals surface area contributed by atoms with Gasteiger partial charge in [0, 0.05) is 11.6 Å². The Kier molecular flexibility index (Phi) is 3.31. The molecule has 1 aromatic carbocycles. The maximum atomic E-state index is 13.1. The third kappa shape index (κ3) is 2.27. The maximum absolute atomic E-state index is 13.1. The molecule has 3 nitrogen and oxygen atoms in total. The Morgan fingerprint density at radius 1 is 1.27 bits per heavy atom. The summed E-state index contributed by atoms with van der Waals surface area (Å²) < 4.78 is 42.6. The summed E-state index contributed by atoms with van der Waals surface area (Å²) in [7, 11) is 1.06. The van der Waals surface area contributed by atoms with Crippen LogP contribution in [-0.4, -0.2) is 13.1 Å². The van der Waals surface area contributed by atoms with Crippen molar-refractivity contribution in [3.63, 3.8) is 0 Å². The van der Waals surface area contributed by atoms with Gasteiger partial charge in [-0.3, -0.25) is 4.79 Å². The van der Waals surface area contributed by atoms with Gasteiger partial charge in [0.25, 0.3) is 0 Å². The van der Waals surface area contributed by atoms with Crippen molar-refractivity contribution in [1.29, 1.82) is 0 Å². The van der Waals surface area contributed by atoms with Crippen molar-refractivity contribution in [3.8, 4) is 0 Å². The largest absolute Gasteiger partial charge is 0.468 e. The van der Waals surface area contributed by atoms with E-state index in [1.54, 1.807) is 0 Å². The third-order valence-corrected chi connectivity index (χ3v) is 1.83. The highest BCUT2D eigenvalue weighted by molar-refractivity contribution is 5.77. The highest BCUT2D eigenvalue weighted by Crippen LogP contribution is 2.19. The quantitative estimate of drug-likeness (QED) is 0.602. The summed E-state index contributed by atoms with van der Waals surface area (Å²) in [4.78, 5) is 10.9. The van der Waals surface area contributed by atoms with Gasteiger partial charge in [-0.25, -0.2) is 13.2 Å². The van der Waals surface area contributed by atoms with Crippen molar-refractivity contribution in [2.24, 2.45) is 5.73 Å². The molecular weight excluding hydrogens is 211 g/mol. The summed E-state index contributed by atoms with van der Waals surface area (Å²) in [5.41, 5.74) is 4.82. The lowest BCUT2D eigenvalue weighted by molar-refractivity contribution is -0.142. The molecule has 0 radical (unpaired) electrons. The second kappa shape index (κ2) is 4.31. The van der Waals surface area contributed by atoms with Crippen LogP contribution in [0.3, 0.4) is 0 Å². The lowest BCUT2D eigenvalue weighted by atomic mass is 10.1. The van der Waals surface area contributed by atoms with Crippen molar-refractivity contribution in [3.05, 3.63) is 35.1 Å². The molecule has 0 amide bonds. The molecule has 0 aromatic heterocycles. The zero-order valence-corrected chi connectivity index (χ0v) is 7.76. The lowest BCUT2D eigenvalue weighted by Gasteiger charge is -2.10. The minimum Gasteiger partial charge on any atom is -0.468 e. The molecule has 0 saturated carbocycles. The molecule has 2 N–H and O–H groups in total. The van der Waals surface area contributed by atoms with Gasteiger partial charge in [-0.15, -0.1) is 0 Å². The molecule has 6 heteroatoms. The van der Waals surface area contributed by atoms with Crippen LogP contribution in [0.4, 0.5) is 13.2 Å². The topological polar surface area (TPSA) is 52.3 Å². The zero-order chi connectivity index (χ0) is 11.6. The van der Waals surface area contributed by atoms with Gasteiger partial charge in [0.05, 0.1) is 7.11 Å². The molecule has 0 fully saturated rings. The third-order valence-electron chi connectivity index (χ3n) is 1.83. The van der Waals surface area contributed by atoms with Crippen LogP contribution in [0, 0.1) is 17.5 Å². The van der Waals surface area contributed by atoms with Gasteiger partial charge < -0.3 is 10.5 Å². The number of hydrogen-bond acceptors (Lipinski definition) is 3. The van der Waals surface area contributed by atoms with Crippen molar-refractivity contribution in [2.75, 3.05) is 7.11 Å². The number of ether oxygens (including phenoxy) is 1. The molecule has 1 atom stereocenters. The van der Waals surface area contributed by atoms with E-state index in [1.807, 2.05) is 0 Å². The van der Waals surface area contributed by atoms with Crippen LogP contribution < -0.4 is 5.73 Å². The van der Waals surface area contributed by atoms with E-state index in [2.05, 4.69) is 4.74 Å². The van der Waals surface area contributed by atoms with Crippen LogP contribution >= 0.6 is 0 Å². The zero-order valence-electron chi connectivity index (χ0n) is 7.76. The van der Waals surface area contributed by atoms with Gasteiger partial charge in [0.15, 0.2) is 11.6 Å². The van der Waals surface area contributed by atoms with Gasteiger partial charge in [-0.05, 0) is 6.07 Å². The van der Waals surface area contributed by atoms with Crippen LogP contribution in [-0.2, 0) is 9.53 Å². The molecule has 0 aliphatic carbocycles. The number of hydrogen-bond donors (Lipinski definition) is 1. The average Bonchev–Trinajstić information content (AvgIpc) is 2.21. The first-order valence-corrected chi connectivity index (χ1v) is 3.95. The Labute approximate surface area is 83.6 Å². The van der Waals surface area contributed by atoms with Crippen LogP contribution in [0.1, 0.15) is 11.6 Å². The Hall–Kier alpha value is -1.56. The van der Waals surface area contributed by atoms with Gasteiger partial charge in [0.1, 0.15) is 11.9 Å². The number of methoxy groups -OCH3 is 1. The van der Waals surface area contributed by atoms with E-state index in [0.717, 1.165) is 7.11 Å². The predicted molar refractivity (Wildman–Crippen MR) is 45.3 cm³/mol. The van der Waals surface area contributed by atoms with Crippen LogP contribution in [0.25, 0.3) is 0 Å². The highest BCUT2D eigenvalue weighted by Gasteiger charge is 2.22. The first-order chi connectivity index (χ1) is 6.97. The Morgan fingerprint density at radius 2 is 1.80 bits per heavy atom. The van der Waals surface area contributed by atoms with Gasteiger partial charge >= 0.3 is 5.97 Å². The van der Waals surface area contributed by atoms with Crippen LogP contribution in [0.15, 0.2) is 12.1 Å². The predicted octanol–water partition coefficient (Wildman–Crippen LogP) is 1.28. The second-order valence-electron chi connectivity index (χ2n) is 2.79. The van der Waals surface area contributed by atoms with E-state index in [-0.39, 0.29) is 0 Å². The highest BCUT2D eigenvalue weighted by atomic mass is 19.2. The van der Waals surface area contributed by atoms with Crippen LogP contribution in [0.2, 0.25) is 0 Å². The first-order valence-electron chi connectivity index (χ1n) is 3.95. The van der Waals surface area contributed by atoms with E-state index in [0.29, 0.717) is 12.1 Å². The normalized spacial score (nSPS) is 12.3. The molecule has 0 saturated heterocycles. The molecule has 15 heavy (non-hydrogen) atoms. The number of benzene rings is 1. The number of halogens is 3. The minimum absolute atomic E-state index is 0.327. The SMILES string of the molecule is COC(=O)[C@H](N)c1cc(F)c(F)cc1F. The van der Waals surface area contributed by atoms with E-state index in [9.17, 15) is 18.0 Å². The molecule has 0 bridgehead atoms. The summed E-state index contributed by atoms with van der Waals surface area (Å²) in [6, 6.07) is -0.607. The number of carbonyl (C=O) groups excluding carboxylic acids is 1. The smallest absolute Gasteiger partial charge is 0.327 e. The van der Waals surface area contributed by atoms with Gasteiger partial charge in [-0.1, -0.05) is 0 Å². The fraction of sp³-hybridized carbons (Fsp3) is 0.222. The molecule has 0 unspecified atom stereocenters. The summed E-state index contributed by atoms with van der Waals surface area (Å²) in [6.07, 6.45) is 0. The molecule has 1 aromatic rings. The van der Waals surface area contributed by atoms with Crippen molar-refractivity contribution < 1.29 is 22.7 Å². The Balaban J connectivity index is 3.14. The standard InChI is InChI=1S/C9H8F3NO2/c1-15-9(14)8(13)4-2-6(11)7(12)3-5(4)10/h2-3,8H,13H2,1H3/t8-/m1/s1. The van der Waals surface area contributed by atoms with Crippen molar-refractivity contribution in [2.45, 2.75) is 6.04 Å². The van der Waals surface area contributed by atoms with E-state index < -0.39 is 35.0 Å². The summed E-state index contributed by atoms with van der Waals surface area (Å²) in [5, 5.41) is 0. The second-order valence-corrected chi connectivity index (χ2v) is 2.79.